The zero-order chi connectivity index (χ0) is 14.4. The van der Waals surface area contributed by atoms with Gasteiger partial charge in [-0.25, -0.2) is 4.98 Å². The van der Waals surface area contributed by atoms with Crippen LogP contribution in [0.4, 0.5) is 0 Å². The van der Waals surface area contributed by atoms with Crippen LogP contribution in [0, 0.1) is 5.92 Å². The Balaban J connectivity index is 1.79. The number of aryl methyl sites for hydroxylation is 1. The molecule has 0 aliphatic heterocycles. The van der Waals surface area contributed by atoms with E-state index >= 15 is 0 Å². The standard InChI is InChI=1S/C17H17N3O/c1-19-14-5-3-2-4-13(14)16-15(19)7-6-12(17(16)21)10-20-9-8-18-11-20/h2-5,8-9,11-12H,6-7,10H2,1H3. The molecule has 1 unspecified atom stereocenters. The maximum atomic E-state index is 12.9. The van der Waals surface area contributed by atoms with Crippen LogP contribution in [-0.2, 0) is 20.0 Å². The second-order valence-electron chi connectivity index (χ2n) is 5.76. The molecule has 0 bridgehead atoms. The number of ketones is 1. The first-order valence-corrected chi connectivity index (χ1v) is 7.32. The fourth-order valence-electron chi connectivity index (χ4n) is 3.48. The molecule has 2 heterocycles. The number of carbonyl (C=O) groups excluding carboxylic acids is 1. The smallest absolute Gasteiger partial charge is 0.170 e. The Morgan fingerprint density at radius 1 is 1.33 bits per heavy atom. The van der Waals surface area contributed by atoms with Crippen LogP contribution in [0.25, 0.3) is 10.9 Å². The van der Waals surface area contributed by atoms with Crippen molar-refractivity contribution in [2.75, 3.05) is 0 Å². The molecule has 106 valence electrons. The van der Waals surface area contributed by atoms with Crippen LogP contribution in [0.3, 0.4) is 0 Å². The summed E-state index contributed by atoms with van der Waals surface area (Å²) in [5.41, 5.74) is 3.27. The number of benzene rings is 1. The number of carbonyl (C=O) groups is 1. The molecule has 0 spiro atoms. The Hall–Kier alpha value is -2.36. The van der Waals surface area contributed by atoms with Gasteiger partial charge in [0.05, 0.1) is 6.33 Å². The third-order valence-corrected chi connectivity index (χ3v) is 4.57. The number of nitrogens with zero attached hydrogens (tertiary/aromatic N) is 3. The molecule has 0 radical (unpaired) electrons. The molecule has 2 aromatic heterocycles. The van der Waals surface area contributed by atoms with E-state index in [1.165, 1.54) is 5.69 Å². The van der Waals surface area contributed by atoms with E-state index in [9.17, 15) is 4.79 Å². The van der Waals surface area contributed by atoms with Crippen molar-refractivity contribution in [1.29, 1.82) is 0 Å². The molecule has 1 aromatic carbocycles. The van der Waals surface area contributed by atoms with Gasteiger partial charge >= 0.3 is 0 Å². The molecule has 0 amide bonds. The first-order valence-electron chi connectivity index (χ1n) is 7.32. The second kappa shape index (κ2) is 4.58. The first-order chi connectivity index (χ1) is 10.3. The van der Waals surface area contributed by atoms with Crippen molar-refractivity contribution >= 4 is 16.7 Å². The maximum absolute atomic E-state index is 12.9. The largest absolute Gasteiger partial charge is 0.347 e. The molecule has 0 fully saturated rings. The summed E-state index contributed by atoms with van der Waals surface area (Å²) < 4.78 is 4.18. The average molecular weight is 279 g/mol. The lowest BCUT2D eigenvalue weighted by Crippen LogP contribution is -2.26. The second-order valence-corrected chi connectivity index (χ2v) is 5.76. The number of imidazole rings is 1. The summed E-state index contributed by atoms with van der Waals surface area (Å²) in [5, 5.41) is 1.09. The predicted octanol–water partition coefficient (Wildman–Crippen LogP) is 2.82. The van der Waals surface area contributed by atoms with E-state index in [2.05, 4.69) is 28.7 Å². The number of rotatable bonds is 2. The Bertz CT molecular complexity index is 814. The number of para-hydroxylation sites is 1. The summed E-state index contributed by atoms with van der Waals surface area (Å²) in [4.78, 5) is 17.0. The van der Waals surface area contributed by atoms with Gasteiger partial charge in [0.1, 0.15) is 0 Å². The number of Topliss-reactive ketones (excluding diaryl/α,β-unsaturated/α-hetero) is 1. The van der Waals surface area contributed by atoms with Crippen molar-refractivity contribution < 1.29 is 4.79 Å². The van der Waals surface area contributed by atoms with Gasteiger partial charge in [0.2, 0.25) is 0 Å². The van der Waals surface area contributed by atoms with Gasteiger partial charge in [0.15, 0.2) is 5.78 Å². The van der Waals surface area contributed by atoms with Crippen LogP contribution in [0.2, 0.25) is 0 Å². The molecule has 4 nitrogen and oxygen atoms in total. The van der Waals surface area contributed by atoms with Crippen LogP contribution in [0.1, 0.15) is 22.5 Å². The van der Waals surface area contributed by atoms with E-state index in [1.54, 1.807) is 12.5 Å². The van der Waals surface area contributed by atoms with Crippen LogP contribution in [0.5, 0.6) is 0 Å². The van der Waals surface area contributed by atoms with Gasteiger partial charge in [-0.3, -0.25) is 4.79 Å². The van der Waals surface area contributed by atoms with E-state index in [-0.39, 0.29) is 11.7 Å². The van der Waals surface area contributed by atoms with E-state index in [1.807, 2.05) is 22.9 Å². The van der Waals surface area contributed by atoms with Crippen molar-refractivity contribution in [2.45, 2.75) is 19.4 Å². The molecule has 1 aliphatic rings. The summed E-state index contributed by atoms with van der Waals surface area (Å²) in [6.07, 6.45) is 7.34. The fraction of sp³-hybridized carbons (Fsp3) is 0.294. The van der Waals surface area contributed by atoms with E-state index in [4.69, 9.17) is 0 Å². The van der Waals surface area contributed by atoms with Crippen LogP contribution in [0.15, 0.2) is 43.0 Å². The molecule has 21 heavy (non-hydrogen) atoms. The van der Waals surface area contributed by atoms with Crippen molar-refractivity contribution in [3.63, 3.8) is 0 Å². The molecular weight excluding hydrogens is 262 g/mol. The monoisotopic (exact) mass is 279 g/mol. The molecule has 1 atom stereocenters. The number of hydrogen-bond donors (Lipinski definition) is 0. The van der Waals surface area contributed by atoms with E-state index in [0.29, 0.717) is 0 Å². The average Bonchev–Trinajstić information content (AvgIpc) is 3.10. The Morgan fingerprint density at radius 3 is 3.00 bits per heavy atom. The molecular formula is C17H17N3O. The fourth-order valence-corrected chi connectivity index (χ4v) is 3.48. The lowest BCUT2D eigenvalue weighted by atomic mass is 9.85. The minimum absolute atomic E-state index is 0.0532. The topological polar surface area (TPSA) is 39.8 Å². The van der Waals surface area contributed by atoms with Crippen molar-refractivity contribution in [3.8, 4) is 0 Å². The van der Waals surface area contributed by atoms with Crippen molar-refractivity contribution in [3.05, 3.63) is 54.2 Å². The Kier molecular flexibility index (Phi) is 2.70. The Morgan fingerprint density at radius 2 is 2.19 bits per heavy atom. The van der Waals surface area contributed by atoms with Crippen LogP contribution < -0.4 is 0 Å². The highest BCUT2D eigenvalue weighted by atomic mass is 16.1. The highest BCUT2D eigenvalue weighted by Crippen LogP contribution is 2.34. The van der Waals surface area contributed by atoms with Gasteiger partial charge in [-0.1, -0.05) is 18.2 Å². The molecule has 4 rings (SSSR count). The molecule has 3 aromatic rings. The number of fused-ring (bicyclic) bond motifs is 3. The molecule has 1 aliphatic carbocycles. The number of aromatic nitrogens is 3. The maximum Gasteiger partial charge on any atom is 0.170 e. The SMILES string of the molecule is Cn1c2c(c3ccccc31)C(=O)C(Cn1ccnc1)CC2. The van der Waals surface area contributed by atoms with Crippen LogP contribution in [-0.4, -0.2) is 19.9 Å². The normalized spacial score (nSPS) is 18.1. The zero-order valence-corrected chi connectivity index (χ0v) is 12.0. The van der Waals surface area contributed by atoms with Crippen molar-refractivity contribution in [2.24, 2.45) is 13.0 Å². The highest BCUT2D eigenvalue weighted by molar-refractivity contribution is 6.11. The van der Waals surface area contributed by atoms with E-state index < -0.39 is 0 Å². The summed E-state index contributed by atoms with van der Waals surface area (Å²) >= 11 is 0. The van der Waals surface area contributed by atoms with Gasteiger partial charge in [-0.05, 0) is 18.9 Å². The summed E-state index contributed by atoms with van der Waals surface area (Å²) in [7, 11) is 2.06. The molecule has 4 heteroatoms. The lowest BCUT2D eigenvalue weighted by molar-refractivity contribution is 0.0888. The van der Waals surface area contributed by atoms with Gasteiger partial charge in [0, 0.05) is 54.1 Å². The summed E-state index contributed by atoms with van der Waals surface area (Å²) in [5.74, 6) is 0.333. The zero-order valence-electron chi connectivity index (χ0n) is 12.0. The van der Waals surface area contributed by atoms with Gasteiger partial charge in [-0.2, -0.15) is 0 Å². The molecule has 0 saturated carbocycles. The first kappa shape index (κ1) is 12.4. The van der Waals surface area contributed by atoms with Gasteiger partial charge in [0.25, 0.3) is 0 Å². The summed E-state index contributed by atoms with van der Waals surface area (Å²) in [6, 6.07) is 8.19. The predicted molar refractivity (Wildman–Crippen MR) is 81.3 cm³/mol. The third kappa shape index (κ3) is 1.82. The number of hydrogen-bond acceptors (Lipinski definition) is 2. The highest BCUT2D eigenvalue weighted by Gasteiger charge is 2.31. The quantitative estimate of drug-likeness (QED) is 0.723. The van der Waals surface area contributed by atoms with E-state index in [0.717, 1.165) is 35.9 Å². The summed E-state index contributed by atoms with van der Waals surface area (Å²) in [6.45, 7) is 0.724. The molecule has 0 saturated heterocycles. The minimum atomic E-state index is 0.0532. The Labute approximate surface area is 123 Å². The lowest BCUT2D eigenvalue weighted by Gasteiger charge is -2.22. The van der Waals surface area contributed by atoms with Crippen LogP contribution >= 0.6 is 0 Å². The minimum Gasteiger partial charge on any atom is -0.347 e. The van der Waals surface area contributed by atoms with Crippen molar-refractivity contribution in [1.82, 2.24) is 14.1 Å². The van der Waals surface area contributed by atoms with Gasteiger partial charge < -0.3 is 9.13 Å². The van der Waals surface area contributed by atoms with Gasteiger partial charge in [-0.15, -0.1) is 0 Å². The third-order valence-electron chi connectivity index (χ3n) is 4.57. The molecule has 0 N–H and O–H groups in total.